The van der Waals surface area contributed by atoms with Gasteiger partial charge in [-0.15, -0.1) is 0 Å². The van der Waals surface area contributed by atoms with Crippen molar-refractivity contribution < 1.29 is 9.53 Å². The Labute approximate surface area is 159 Å². The second-order valence-corrected chi connectivity index (χ2v) is 7.18. The van der Waals surface area contributed by atoms with Crippen molar-refractivity contribution in [1.82, 2.24) is 5.32 Å². The average molecular weight is 358 g/mol. The van der Waals surface area contributed by atoms with Crippen LogP contribution in [0.5, 0.6) is 0 Å². The minimum Gasteiger partial charge on any atom is -0.369 e. The lowest BCUT2D eigenvalue weighted by molar-refractivity contribution is -0.121. The molecule has 1 amide bonds. The van der Waals surface area contributed by atoms with Crippen molar-refractivity contribution in [1.29, 1.82) is 0 Å². The van der Waals surface area contributed by atoms with Crippen LogP contribution in [0.1, 0.15) is 71.1 Å². The van der Waals surface area contributed by atoms with Crippen molar-refractivity contribution in [3.63, 3.8) is 0 Å². The normalized spacial score (nSPS) is 23.0. The van der Waals surface area contributed by atoms with Crippen LogP contribution >= 0.6 is 0 Å². The maximum atomic E-state index is 11.5. The minimum absolute atomic E-state index is 0.213. The number of amides is 1. The number of carbonyl (C=O) groups excluding carboxylic acids is 1. The van der Waals surface area contributed by atoms with Gasteiger partial charge in [-0.3, -0.25) is 4.79 Å². The molecule has 0 aromatic heterocycles. The highest BCUT2D eigenvalue weighted by atomic mass is 16.6. The van der Waals surface area contributed by atoms with Crippen LogP contribution in [-0.4, -0.2) is 24.2 Å². The summed E-state index contributed by atoms with van der Waals surface area (Å²) in [7, 11) is 0. The Hall–Kier alpha value is -1.61. The number of hydrogen-bond acceptors (Lipinski definition) is 2. The second kappa shape index (κ2) is 12.7. The summed E-state index contributed by atoms with van der Waals surface area (Å²) in [5.41, 5.74) is 0. The number of rotatable bonds is 14. The molecule has 0 bridgehead atoms. The fourth-order valence-corrected chi connectivity index (χ4v) is 2.79. The molecule has 1 heterocycles. The summed E-state index contributed by atoms with van der Waals surface area (Å²) in [6.45, 7) is 2.16. The van der Waals surface area contributed by atoms with E-state index in [1.54, 1.807) is 0 Å². The number of nitrogens with one attached hydrogen (secondary N) is 1. The van der Waals surface area contributed by atoms with E-state index in [1.165, 1.54) is 0 Å². The highest BCUT2D eigenvalue weighted by Gasteiger charge is 2.35. The van der Waals surface area contributed by atoms with Crippen LogP contribution in [0.15, 0.2) is 48.6 Å². The first-order valence-corrected chi connectivity index (χ1v) is 10.3. The molecule has 2 fully saturated rings. The molecule has 1 aliphatic carbocycles. The quantitative estimate of drug-likeness (QED) is 0.257. The van der Waals surface area contributed by atoms with Crippen LogP contribution in [0.2, 0.25) is 0 Å². The Balaban J connectivity index is 1.39. The predicted molar refractivity (Wildman–Crippen MR) is 109 cm³/mol. The smallest absolute Gasteiger partial charge is 0.220 e. The third-order valence-electron chi connectivity index (χ3n) is 4.59. The molecule has 1 saturated carbocycles. The molecule has 1 saturated heterocycles. The maximum absolute atomic E-state index is 11.5. The third-order valence-corrected chi connectivity index (χ3v) is 4.59. The standard InChI is InChI=1S/C23H35NO2/c1-2-3-4-5-6-7-8-9-12-15-21-22(26-21)16-13-10-11-14-17-23(25)24-20-18-19-20/h3-4,6-7,9-10,12-13,20-22H,2,5,8,11,14-19H2,1H3,(H,24,25)/b4-3-,7-6-,12-9-,13-10-. The summed E-state index contributed by atoms with van der Waals surface area (Å²) in [6, 6.07) is 0.481. The summed E-state index contributed by atoms with van der Waals surface area (Å²) >= 11 is 0. The largest absolute Gasteiger partial charge is 0.369 e. The fourth-order valence-electron chi connectivity index (χ4n) is 2.79. The van der Waals surface area contributed by atoms with Gasteiger partial charge in [0.1, 0.15) is 0 Å². The molecule has 1 N–H and O–H groups in total. The molecule has 0 spiro atoms. The van der Waals surface area contributed by atoms with Gasteiger partial charge in [-0.1, -0.05) is 55.5 Å². The lowest BCUT2D eigenvalue weighted by Gasteiger charge is -2.00. The summed E-state index contributed by atoms with van der Waals surface area (Å²) in [5, 5.41) is 3.03. The number of allylic oxidation sites excluding steroid dienone is 6. The topological polar surface area (TPSA) is 41.6 Å². The molecule has 3 heteroatoms. The summed E-state index contributed by atoms with van der Waals surface area (Å²) < 4.78 is 5.69. The third kappa shape index (κ3) is 10.4. The van der Waals surface area contributed by atoms with E-state index >= 15 is 0 Å². The van der Waals surface area contributed by atoms with Crippen molar-refractivity contribution in [2.75, 3.05) is 0 Å². The predicted octanol–water partition coefficient (Wildman–Crippen LogP) is 5.40. The van der Waals surface area contributed by atoms with E-state index in [9.17, 15) is 4.79 Å². The molecule has 3 nitrogen and oxygen atoms in total. The first kappa shape index (κ1) is 20.7. The zero-order valence-corrected chi connectivity index (χ0v) is 16.2. The van der Waals surface area contributed by atoms with E-state index in [1.807, 2.05) is 0 Å². The minimum atomic E-state index is 0.213. The Bertz CT molecular complexity index is 514. The zero-order chi connectivity index (χ0) is 18.5. The van der Waals surface area contributed by atoms with Gasteiger partial charge in [0.05, 0.1) is 12.2 Å². The highest BCUT2D eigenvalue weighted by Crippen LogP contribution is 2.29. The highest BCUT2D eigenvalue weighted by molar-refractivity contribution is 5.76. The summed E-state index contributed by atoms with van der Waals surface area (Å²) in [4.78, 5) is 11.5. The van der Waals surface area contributed by atoms with Gasteiger partial charge in [0.15, 0.2) is 0 Å². The van der Waals surface area contributed by atoms with Gasteiger partial charge in [-0.05, 0) is 57.8 Å². The van der Waals surface area contributed by atoms with Gasteiger partial charge in [-0.2, -0.15) is 0 Å². The molecule has 26 heavy (non-hydrogen) atoms. The van der Waals surface area contributed by atoms with Gasteiger partial charge < -0.3 is 10.1 Å². The number of epoxide rings is 1. The molecule has 1 aliphatic heterocycles. The molecule has 2 rings (SSSR count). The van der Waals surface area contributed by atoms with Gasteiger partial charge in [-0.25, -0.2) is 0 Å². The van der Waals surface area contributed by atoms with Crippen LogP contribution < -0.4 is 5.32 Å². The van der Waals surface area contributed by atoms with Crippen molar-refractivity contribution in [3.8, 4) is 0 Å². The second-order valence-electron chi connectivity index (χ2n) is 7.18. The molecular weight excluding hydrogens is 322 g/mol. The van der Waals surface area contributed by atoms with Gasteiger partial charge in [0.2, 0.25) is 5.91 Å². The first-order chi connectivity index (χ1) is 12.8. The zero-order valence-electron chi connectivity index (χ0n) is 16.2. The van der Waals surface area contributed by atoms with Crippen LogP contribution in [0.25, 0.3) is 0 Å². The van der Waals surface area contributed by atoms with Crippen molar-refractivity contribution in [3.05, 3.63) is 48.6 Å². The monoisotopic (exact) mass is 357 g/mol. The fraction of sp³-hybridized carbons (Fsp3) is 0.609. The number of unbranched alkanes of at least 4 members (excludes halogenated alkanes) is 1. The lowest BCUT2D eigenvalue weighted by atomic mass is 10.1. The van der Waals surface area contributed by atoms with E-state index in [-0.39, 0.29) is 5.91 Å². The summed E-state index contributed by atoms with van der Waals surface area (Å²) in [5.74, 6) is 0.213. The first-order valence-electron chi connectivity index (χ1n) is 10.3. The summed E-state index contributed by atoms with van der Waals surface area (Å²) in [6.07, 6.45) is 28.6. The van der Waals surface area contributed by atoms with Gasteiger partial charge in [0.25, 0.3) is 0 Å². The van der Waals surface area contributed by atoms with Crippen molar-refractivity contribution >= 4 is 5.91 Å². The van der Waals surface area contributed by atoms with Crippen LogP contribution in [0.3, 0.4) is 0 Å². The molecule has 0 aromatic carbocycles. The van der Waals surface area contributed by atoms with Crippen LogP contribution in [0.4, 0.5) is 0 Å². The van der Waals surface area contributed by atoms with Gasteiger partial charge >= 0.3 is 0 Å². The number of hydrogen-bond donors (Lipinski definition) is 1. The van der Waals surface area contributed by atoms with E-state index in [0.29, 0.717) is 24.7 Å². The molecule has 2 atom stereocenters. The number of carbonyl (C=O) groups is 1. The Morgan fingerprint density at radius 3 is 2.19 bits per heavy atom. The average Bonchev–Trinajstić information content (AvgIpc) is 3.54. The van der Waals surface area contributed by atoms with Crippen LogP contribution in [-0.2, 0) is 9.53 Å². The van der Waals surface area contributed by atoms with Crippen molar-refractivity contribution in [2.24, 2.45) is 0 Å². The SMILES string of the molecule is CC/C=C\C/C=C\C/C=C\CC1OC1C/C=C\CCCC(=O)NC1CC1. The van der Waals surface area contributed by atoms with Crippen molar-refractivity contribution in [2.45, 2.75) is 89.4 Å². The van der Waals surface area contributed by atoms with Gasteiger partial charge in [0, 0.05) is 12.5 Å². The Morgan fingerprint density at radius 2 is 1.54 bits per heavy atom. The molecular formula is C23H35NO2. The Morgan fingerprint density at radius 1 is 0.923 bits per heavy atom. The van der Waals surface area contributed by atoms with E-state index < -0.39 is 0 Å². The Kier molecular flexibility index (Phi) is 10.1. The molecule has 0 aromatic rings. The van der Waals surface area contributed by atoms with E-state index in [2.05, 4.69) is 60.8 Å². The lowest BCUT2D eigenvalue weighted by Crippen LogP contribution is -2.24. The van der Waals surface area contributed by atoms with E-state index in [4.69, 9.17) is 4.74 Å². The molecule has 2 aliphatic rings. The maximum Gasteiger partial charge on any atom is 0.220 e. The molecule has 0 radical (unpaired) electrons. The number of ether oxygens (including phenoxy) is 1. The molecule has 2 unspecified atom stereocenters. The van der Waals surface area contributed by atoms with Crippen LogP contribution in [0, 0.1) is 0 Å². The molecule has 144 valence electrons. The van der Waals surface area contributed by atoms with E-state index in [0.717, 1.165) is 57.8 Å².